The Labute approximate surface area is 139 Å². The standard InChI is InChI=1S/C20H32O3/c1-17-8-4-9-18(2,16(21)22)14(17)7-10-20-11-13(5-6-15(17)20)19(3,23)12-20/h13-15,23H,4-12H2,1-3H3,(H,21,22)/t13-,14+,15+,17-,18-,19-,20+/m0/s1. The molecule has 0 aromatic carbocycles. The molecule has 3 nitrogen and oxygen atoms in total. The van der Waals surface area contributed by atoms with E-state index in [0.29, 0.717) is 17.8 Å². The van der Waals surface area contributed by atoms with Crippen molar-refractivity contribution < 1.29 is 15.0 Å². The highest BCUT2D eigenvalue weighted by atomic mass is 16.4. The molecule has 0 aromatic rings. The zero-order valence-corrected chi connectivity index (χ0v) is 14.9. The number of rotatable bonds is 1. The maximum absolute atomic E-state index is 12.1. The molecule has 2 bridgehead atoms. The van der Waals surface area contributed by atoms with Crippen molar-refractivity contribution >= 4 is 5.97 Å². The van der Waals surface area contributed by atoms with Gasteiger partial charge in [-0.25, -0.2) is 0 Å². The van der Waals surface area contributed by atoms with Crippen molar-refractivity contribution in [2.45, 2.75) is 84.2 Å². The molecule has 7 atom stereocenters. The third kappa shape index (κ3) is 1.89. The Hall–Kier alpha value is -0.570. The van der Waals surface area contributed by atoms with Crippen molar-refractivity contribution in [2.24, 2.45) is 34.0 Å². The first-order valence-corrected chi connectivity index (χ1v) is 9.60. The first-order valence-electron chi connectivity index (χ1n) is 9.60. The molecule has 4 fully saturated rings. The summed E-state index contributed by atoms with van der Waals surface area (Å²) in [6, 6.07) is 0. The van der Waals surface area contributed by atoms with Crippen molar-refractivity contribution in [3.63, 3.8) is 0 Å². The number of aliphatic carboxylic acids is 1. The lowest BCUT2D eigenvalue weighted by atomic mass is 9.41. The van der Waals surface area contributed by atoms with E-state index in [0.717, 1.165) is 38.5 Å². The fourth-order valence-corrected chi connectivity index (χ4v) is 8.05. The fourth-order valence-electron chi connectivity index (χ4n) is 8.05. The van der Waals surface area contributed by atoms with Gasteiger partial charge in [0.05, 0.1) is 11.0 Å². The summed E-state index contributed by atoms with van der Waals surface area (Å²) in [4.78, 5) is 12.1. The lowest BCUT2D eigenvalue weighted by Gasteiger charge is -2.63. The summed E-state index contributed by atoms with van der Waals surface area (Å²) in [7, 11) is 0. The average molecular weight is 320 g/mol. The third-order valence-corrected chi connectivity index (χ3v) is 8.98. The van der Waals surface area contributed by atoms with Crippen LogP contribution < -0.4 is 0 Å². The lowest BCUT2D eigenvalue weighted by molar-refractivity contribution is -0.181. The van der Waals surface area contributed by atoms with E-state index in [9.17, 15) is 15.0 Å². The number of hydrogen-bond acceptors (Lipinski definition) is 2. The number of carboxylic acids is 1. The number of aliphatic hydroxyl groups is 1. The molecule has 0 saturated heterocycles. The van der Waals surface area contributed by atoms with Crippen molar-refractivity contribution in [1.29, 1.82) is 0 Å². The van der Waals surface area contributed by atoms with E-state index in [4.69, 9.17) is 0 Å². The minimum atomic E-state index is -0.587. The largest absolute Gasteiger partial charge is 0.481 e. The van der Waals surface area contributed by atoms with Crippen molar-refractivity contribution in [2.75, 3.05) is 0 Å². The molecule has 1 spiro atoms. The summed E-state index contributed by atoms with van der Waals surface area (Å²) < 4.78 is 0. The van der Waals surface area contributed by atoms with Gasteiger partial charge >= 0.3 is 5.97 Å². The second-order valence-electron chi connectivity index (χ2n) is 10.1. The van der Waals surface area contributed by atoms with E-state index in [1.165, 1.54) is 19.3 Å². The zero-order valence-electron chi connectivity index (χ0n) is 14.9. The molecule has 23 heavy (non-hydrogen) atoms. The highest BCUT2D eigenvalue weighted by molar-refractivity contribution is 5.75. The molecule has 2 N–H and O–H groups in total. The van der Waals surface area contributed by atoms with Crippen LogP contribution >= 0.6 is 0 Å². The lowest BCUT2D eigenvalue weighted by Crippen LogP contribution is -2.58. The Morgan fingerprint density at radius 3 is 2.43 bits per heavy atom. The number of carbonyl (C=O) groups is 1. The summed E-state index contributed by atoms with van der Waals surface area (Å²) in [5.41, 5.74) is -0.612. The van der Waals surface area contributed by atoms with Gasteiger partial charge in [0.15, 0.2) is 0 Å². The quantitative estimate of drug-likeness (QED) is 0.760. The Bertz CT molecular complexity index is 541. The smallest absolute Gasteiger partial charge is 0.309 e. The molecule has 0 unspecified atom stereocenters. The number of fused-ring (bicyclic) bond motifs is 3. The molecule has 130 valence electrons. The van der Waals surface area contributed by atoms with Crippen LogP contribution in [0.4, 0.5) is 0 Å². The first kappa shape index (κ1) is 15.9. The zero-order chi connectivity index (χ0) is 16.7. The second kappa shape index (κ2) is 4.53. The Balaban J connectivity index is 1.74. The SMILES string of the molecule is C[C@]12CCC[C@](C)(C(=O)O)[C@@H]1CC[C@]13C[C@H](CC[C@@H]12)[C@@](C)(O)C3. The molecule has 0 aromatic heterocycles. The van der Waals surface area contributed by atoms with Crippen LogP contribution in [0, 0.1) is 34.0 Å². The predicted octanol–water partition coefficient (Wildman–Crippen LogP) is 4.23. The van der Waals surface area contributed by atoms with E-state index >= 15 is 0 Å². The molecule has 4 rings (SSSR count). The summed E-state index contributed by atoms with van der Waals surface area (Å²) >= 11 is 0. The number of hydrogen-bond donors (Lipinski definition) is 2. The molecule has 3 heteroatoms. The molecule has 4 aliphatic rings. The Morgan fingerprint density at radius 2 is 1.74 bits per heavy atom. The maximum atomic E-state index is 12.1. The van der Waals surface area contributed by atoms with Crippen LogP contribution in [0.5, 0.6) is 0 Å². The molecule has 4 aliphatic carbocycles. The average Bonchev–Trinajstić information content (AvgIpc) is 2.63. The van der Waals surface area contributed by atoms with Crippen LogP contribution in [-0.2, 0) is 4.79 Å². The summed E-state index contributed by atoms with van der Waals surface area (Å²) in [5, 5.41) is 20.8. The van der Waals surface area contributed by atoms with Gasteiger partial charge in [-0.2, -0.15) is 0 Å². The van der Waals surface area contributed by atoms with Crippen molar-refractivity contribution in [1.82, 2.24) is 0 Å². The highest BCUT2D eigenvalue weighted by Crippen LogP contribution is 2.72. The molecule has 0 amide bonds. The van der Waals surface area contributed by atoms with Gasteiger partial charge < -0.3 is 10.2 Å². The van der Waals surface area contributed by atoms with Gasteiger partial charge in [0, 0.05) is 0 Å². The topological polar surface area (TPSA) is 57.5 Å². The molecule has 4 saturated carbocycles. The van der Waals surface area contributed by atoms with Gasteiger partial charge in [-0.15, -0.1) is 0 Å². The minimum absolute atomic E-state index is 0.148. The summed E-state index contributed by atoms with van der Waals surface area (Å²) in [5.74, 6) is 0.793. The normalized spacial score (nSPS) is 58.3. The minimum Gasteiger partial charge on any atom is -0.481 e. The Morgan fingerprint density at radius 1 is 1.00 bits per heavy atom. The van der Waals surface area contributed by atoms with Gasteiger partial charge in [0.25, 0.3) is 0 Å². The summed E-state index contributed by atoms with van der Waals surface area (Å²) in [6.07, 6.45) is 9.68. The fraction of sp³-hybridized carbons (Fsp3) is 0.950. The van der Waals surface area contributed by atoms with Gasteiger partial charge in [-0.05, 0) is 93.8 Å². The first-order chi connectivity index (χ1) is 10.6. The predicted molar refractivity (Wildman–Crippen MR) is 88.9 cm³/mol. The molecule has 0 heterocycles. The van der Waals surface area contributed by atoms with Crippen LogP contribution in [0.25, 0.3) is 0 Å². The van der Waals surface area contributed by atoms with Crippen LogP contribution in [-0.4, -0.2) is 21.8 Å². The monoisotopic (exact) mass is 320 g/mol. The Kier molecular flexibility index (Phi) is 3.14. The van der Waals surface area contributed by atoms with Crippen molar-refractivity contribution in [3.05, 3.63) is 0 Å². The van der Waals surface area contributed by atoms with Crippen LogP contribution in [0.2, 0.25) is 0 Å². The van der Waals surface area contributed by atoms with E-state index in [1.807, 2.05) is 13.8 Å². The van der Waals surface area contributed by atoms with E-state index in [1.54, 1.807) is 0 Å². The van der Waals surface area contributed by atoms with Gasteiger partial charge in [0.1, 0.15) is 0 Å². The van der Waals surface area contributed by atoms with Gasteiger partial charge in [-0.3, -0.25) is 4.79 Å². The van der Waals surface area contributed by atoms with Crippen LogP contribution in [0.15, 0.2) is 0 Å². The van der Waals surface area contributed by atoms with Crippen LogP contribution in [0.3, 0.4) is 0 Å². The van der Waals surface area contributed by atoms with Crippen LogP contribution in [0.1, 0.15) is 78.6 Å². The van der Waals surface area contributed by atoms with Gasteiger partial charge in [-0.1, -0.05) is 13.3 Å². The summed E-state index contributed by atoms with van der Waals surface area (Å²) in [6.45, 7) is 6.45. The number of carboxylic acid groups (broad SMARTS) is 1. The highest BCUT2D eigenvalue weighted by Gasteiger charge is 2.67. The molecule has 0 radical (unpaired) electrons. The molecular formula is C20H32O3. The maximum Gasteiger partial charge on any atom is 0.309 e. The van der Waals surface area contributed by atoms with E-state index in [2.05, 4.69) is 6.92 Å². The van der Waals surface area contributed by atoms with E-state index < -0.39 is 17.0 Å². The third-order valence-electron chi connectivity index (χ3n) is 8.98. The second-order valence-corrected chi connectivity index (χ2v) is 10.1. The molecule has 0 aliphatic heterocycles. The van der Waals surface area contributed by atoms with Crippen molar-refractivity contribution in [3.8, 4) is 0 Å². The molecular weight excluding hydrogens is 288 g/mol. The van der Waals surface area contributed by atoms with Gasteiger partial charge in [0.2, 0.25) is 0 Å². The van der Waals surface area contributed by atoms with E-state index in [-0.39, 0.29) is 10.8 Å².